The maximum atomic E-state index is 12.1. The molecule has 2 fully saturated rings. The number of fused-ring (bicyclic) bond motifs is 1. The van der Waals surface area contributed by atoms with Crippen LogP contribution in [-0.4, -0.2) is 54.1 Å². The van der Waals surface area contributed by atoms with Gasteiger partial charge in [-0.1, -0.05) is 36.4 Å². The summed E-state index contributed by atoms with van der Waals surface area (Å²) >= 11 is 5.53. The second-order valence-corrected chi connectivity index (χ2v) is 9.16. The summed E-state index contributed by atoms with van der Waals surface area (Å²) in [6, 6.07) is 16.1. The number of thiocarbonyl (C=S) groups is 1. The number of rotatable bonds is 6. The van der Waals surface area contributed by atoms with E-state index in [2.05, 4.69) is 28.8 Å². The monoisotopic (exact) mass is 469 g/mol. The standard InChI is InChI=1S/C25H31N3O4S/c1-31-20-9-8-18(14-21(20)32-2)25-11-10-19(15-22(25)28(13-12-25)24(29)30)27-23(33)26-16-17-6-4-3-5-7-17/h3-9,14,19,22H,10-13,15-16H2,1-2H3,(H,29,30)(H2,26,27,33). The number of nitrogens with one attached hydrogen (secondary N) is 2. The molecular weight excluding hydrogens is 438 g/mol. The average Bonchev–Trinajstić information content (AvgIpc) is 3.23. The number of ether oxygens (including phenoxy) is 2. The van der Waals surface area contributed by atoms with Crippen molar-refractivity contribution >= 4 is 23.4 Å². The van der Waals surface area contributed by atoms with E-state index in [9.17, 15) is 9.90 Å². The van der Waals surface area contributed by atoms with E-state index < -0.39 is 6.09 Å². The third-order valence-corrected chi connectivity index (χ3v) is 7.36. The minimum Gasteiger partial charge on any atom is -0.493 e. The van der Waals surface area contributed by atoms with Crippen LogP contribution in [0.2, 0.25) is 0 Å². The van der Waals surface area contributed by atoms with E-state index in [-0.39, 0.29) is 17.5 Å². The van der Waals surface area contributed by atoms with Crippen molar-refractivity contribution in [3.05, 3.63) is 59.7 Å². The zero-order valence-electron chi connectivity index (χ0n) is 19.0. The lowest BCUT2D eigenvalue weighted by molar-refractivity contribution is 0.109. The number of benzene rings is 2. The van der Waals surface area contributed by atoms with Crippen molar-refractivity contribution in [3.63, 3.8) is 0 Å². The number of carbonyl (C=O) groups is 1. The molecule has 2 aromatic rings. The molecule has 1 aliphatic heterocycles. The first-order valence-corrected chi connectivity index (χ1v) is 11.7. The molecule has 2 aromatic carbocycles. The van der Waals surface area contributed by atoms with E-state index in [1.807, 2.05) is 30.3 Å². The lowest BCUT2D eigenvalue weighted by atomic mass is 9.65. The number of amides is 1. The quantitative estimate of drug-likeness (QED) is 0.553. The van der Waals surface area contributed by atoms with E-state index in [0.29, 0.717) is 36.1 Å². The van der Waals surface area contributed by atoms with Crippen molar-refractivity contribution in [2.75, 3.05) is 20.8 Å². The Morgan fingerprint density at radius 2 is 1.91 bits per heavy atom. The lowest BCUT2D eigenvalue weighted by Crippen LogP contribution is -2.54. The van der Waals surface area contributed by atoms with Gasteiger partial charge in [0.05, 0.1) is 14.2 Å². The van der Waals surface area contributed by atoms with Gasteiger partial charge in [0.15, 0.2) is 16.6 Å². The van der Waals surface area contributed by atoms with Gasteiger partial charge in [0.2, 0.25) is 0 Å². The van der Waals surface area contributed by atoms with Crippen LogP contribution in [-0.2, 0) is 12.0 Å². The molecule has 0 radical (unpaired) electrons. The number of hydrogen-bond donors (Lipinski definition) is 3. The molecule has 2 aliphatic rings. The predicted molar refractivity (Wildman–Crippen MR) is 131 cm³/mol. The summed E-state index contributed by atoms with van der Waals surface area (Å²) in [5.74, 6) is 1.34. The van der Waals surface area contributed by atoms with Gasteiger partial charge in [-0.05, 0) is 61.2 Å². The Labute approximate surface area is 200 Å². The summed E-state index contributed by atoms with van der Waals surface area (Å²) < 4.78 is 10.9. The summed E-state index contributed by atoms with van der Waals surface area (Å²) in [6.45, 7) is 1.18. The Morgan fingerprint density at radius 3 is 2.61 bits per heavy atom. The highest BCUT2D eigenvalue weighted by Crippen LogP contribution is 2.50. The van der Waals surface area contributed by atoms with E-state index >= 15 is 0 Å². The van der Waals surface area contributed by atoms with Crippen LogP contribution in [0.3, 0.4) is 0 Å². The molecular formula is C25H31N3O4S. The fraction of sp³-hybridized carbons (Fsp3) is 0.440. The van der Waals surface area contributed by atoms with E-state index in [0.717, 1.165) is 30.4 Å². The summed E-state index contributed by atoms with van der Waals surface area (Å²) in [6.07, 6.45) is 2.41. The number of hydrogen-bond acceptors (Lipinski definition) is 4. The minimum absolute atomic E-state index is 0.110. The zero-order chi connectivity index (χ0) is 23.4. The summed E-state index contributed by atoms with van der Waals surface area (Å²) in [5.41, 5.74) is 2.03. The first-order valence-electron chi connectivity index (χ1n) is 11.3. The van der Waals surface area contributed by atoms with Gasteiger partial charge in [-0.2, -0.15) is 0 Å². The van der Waals surface area contributed by atoms with Crippen LogP contribution in [0.4, 0.5) is 4.79 Å². The Hall–Kier alpha value is -3.00. The third kappa shape index (κ3) is 4.71. The van der Waals surface area contributed by atoms with Crippen LogP contribution in [0.1, 0.15) is 36.8 Å². The van der Waals surface area contributed by atoms with Crippen molar-refractivity contribution in [1.82, 2.24) is 15.5 Å². The van der Waals surface area contributed by atoms with Gasteiger partial charge in [0, 0.05) is 30.6 Å². The fourth-order valence-corrected chi connectivity index (χ4v) is 5.64. The molecule has 3 atom stereocenters. The Balaban J connectivity index is 1.49. The molecule has 0 spiro atoms. The minimum atomic E-state index is -0.868. The van der Waals surface area contributed by atoms with Crippen molar-refractivity contribution < 1.29 is 19.4 Å². The number of methoxy groups -OCH3 is 2. The molecule has 0 bridgehead atoms. The smallest absolute Gasteiger partial charge is 0.407 e. The van der Waals surface area contributed by atoms with Crippen LogP contribution < -0.4 is 20.1 Å². The molecule has 33 heavy (non-hydrogen) atoms. The van der Waals surface area contributed by atoms with Gasteiger partial charge in [-0.15, -0.1) is 0 Å². The van der Waals surface area contributed by atoms with Crippen molar-refractivity contribution in [2.24, 2.45) is 0 Å². The van der Waals surface area contributed by atoms with Crippen molar-refractivity contribution in [1.29, 1.82) is 0 Å². The van der Waals surface area contributed by atoms with Gasteiger partial charge >= 0.3 is 6.09 Å². The van der Waals surface area contributed by atoms with Gasteiger partial charge in [-0.25, -0.2) is 4.79 Å². The number of carboxylic acid groups (broad SMARTS) is 1. The molecule has 0 aromatic heterocycles. The highest BCUT2D eigenvalue weighted by atomic mass is 32.1. The van der Waals surface area contributed by atoms with Gasteiger partial charge in [-0.3, -0.25) is 0 Å². The molecule has 176 valence electrons. The van der Waals surface area contributed by atoms with Crippen LogP contribution >= 0.6 is 12.2 Å². The Morgan fingerprint density at radius 1 is 1.15 bits per heavy atom. The molecule has 1 saturated heterocycles. The van der Waals surface area contributed by atoms with E-state index in [4.69, 9.17) is 21.7 Å². The highest BCUT2D eigenvalue weighted by molar-refractivity contribution is 7.80. The first kappa shape index (κ1) is 23.2. The summed E-state index contributed by atoms with van der Waals surface area (Å²) in [7, 11) is 3.24. The first-order chi connectivity index (χ1) is 16.0. The normalized spacial score (nSPS) is 24.0. The predicted octanol–water partition coefficient (Wildman–Crippen LogP) is 3.91. The molecule has 1 heterocycles. The van der Waals surface area contributed by atoms with Gasteiger partial charge < -0.3 is 30.1 Å². The topological polar surface area (TPSA) is 83.1 Å². The van der Waals surface area contributed by atoms with Crippen LogP contribution in [0.15, 0.2) is 48.5 Å². The average molecular weight is 470 g/mol. The third-order valence-electron chi connectivity index (χ3n) is 7.09. The molecule has 3 unspecified atom stereocenters. The summed E-state index contributed by atoms with van der Waals surface area (Å²) in [4.78, 5) is 13.7. The molecule has 8 heteroatoms. The van der Waals surface area contributed by atoms with Crippen LogP contribution in [0, 0.1) is 0 Å². The SMILES string of the molecule is COc1ccc(C23CCC(NC(=S)NCc4ccccc4)CC2N(C(=O)O)CC3)cc1OC. The zero-order valence-corrected chi connectivity index (χ0v) is 19.9. The molecule has 1 aliphatic carbocycles. The molecule has 7 nitrogen and oxygen atoms in total. The number of nitrogens with zero attached hydrogens (tertiary/aromatic N) is 1. The fourth-order valence-electron chi connectivity index (χ4n) is 5.41. The molecule has 1 amide bonds. The second kappa shape index (κ2) is 9.87. The van der Waals surface area contributed by atoms with Gasteiger partial charge in [0.25, 0.3) is 0 Å². The second-order valence-electron chi connectivity index (χ2n) is 8.75. The van der Waals surface area contributed by atoms with E-state index in [1.165, 1.54) is 0 Å². The molecule has 1 saturated carbocycles. The maximum absolute atomic E-state index is 12.1. The summed E-state index contributed by atoms with van der Waals surface area (Å²) in [5, 5.41) is 17.2. The van der Waals surface area contributed by atoms with Crippen molar-refractivity contribution in [2.45, 2.75) is 49.7 Å². The molecule has 3 N–H and O–H groups in total. The lowest BCUT2D eigenvalue weighted by Gasteiger charge is -2.45. The maximum Gasteiger partial charge on any atom is 0.407 e. The number of likely N-dealkylation sites (tertiary alicyclic amines) is 1. The van der Waals surface area contributed by atoms with Crippen LogP contribution in [0.5, 0.6) is 11.5 Å². The Kier molecular flexibility index (Phi) is 6.93. The van der Waals surface area contributed by atoms with Crippen LogP contribution in [0.25, 0.3) is 0 Å². The Bertz CT molecular complexity index is 1000. The largest absolute Gasteiger partial charge is 0.493 e. The van der Waals surface area contributed by atoms with Crippen molar-refractivity contribution in [3.8, 4) is 11.5 Å². The molecule has 4 rings (SSSR count). The van der Waals surface area contributed by atoms with Gasteiger partial charge in [0.1, 0.15) is 0 Å². The highest BCUT2D eigenvalue weighted by Gasteiger charge is 2.53. The van der Waals surface area contributed by atoms with E-state index in [1.54, 1.807) is 19.1 Å².